The van der Waals surface area contributed by atoms with E-state index >= 15 is 0 Å². The lowest BCUT2D eigenvalue weighted by Gasteiger charge is -2.16. The Labute approximate surface area is 94.5 Å². The van der Waals surface area contributed by atoms with Crippen LogP contribution in [-0.4, -0.2) is 18.2 Å². The second kappa shape index (κ2) is 4.80. The molecule has 16 heavy (non-hydrogen) atoms. The molecule has 3 nitrogen and oxygen atoms in total. The number of hydrogen-bond acceptors (Lipinski definition) is 3. The summed E-state index contributed by atoms with van der Waals surface area (Å²) in [6.07, 6.45) is 1.17. The van der Waals surface area contributed by atoms with Crippen molar-refractivity contribution in [1.29, 1.82) is 0 Å². The van der Waals surface area contributed by atoms with Gasteiger partial charge in [0, 0.05) is 11.3 Å². The summed E-state index contributed by atoms with van der Waals surface area (Å²) in [5.74, 6) is 0.121. The number of nitrogen functional groups attached to an aromatic ring is 1. The van der Waals surface area contributed by atoms with Gasteiger partial charge >= 0.3 is 0 Å². The van der Waals surface area contributed by atoms with E-state index < -0.39 is 6.10 Å². The average Bonchev–Trinajstić information content (AvgIpc) is 2.70. The first kappa shape index (κ1) is 11.4. The Bertz CT molecular complexity index is 364. The maximum absolute atomic E-state index is 12.8. The number of aliphatic hydroxyl groups is 1. The summed E-state index contributed by atoms with van der Waals surface area (Å²) in [7, 11) is 0. The number of anilines is 1. The van der Waals surface area contributed by atoms with Gasteiger partial charge < -0.3 is 16.2 Å². The number of rotatable bonds is 3. The summed E-state index contributed by atoms with van der Waals surface area (Å²) in [4.78, 5) is 0. The molecule has 0 spiro atoms. The molecule has 0 aromatic heterocycles. The Balaban J connectivity index is 2.04. The minimum absolute atomic E-state index is 0.332. The van der Waals surface area contributed by atoms with Gasteiger partial charge in [-0.05, 0) is 44.0 Å². The van der Waals surface area contributed by atoms with Gasteiger partial charge in [-0.15, -0.1) is 0 Å². The zero-order chi connectivity index (χ0) is 11.5. The molecule has 88 valence electrons. The molecule has 1 aliphatic heterocycles. The number of aliphatic hydroxyl groups excluding tert-OH is 1. The van der Waals surface area contributed by atoms with Crippen LogP contribution in [0.3, 0.4) is 0 Å². The lowest BCUT2D eigenvalue weighted by molar-refractivity contribution is 0.148. The summed E-state index contributed by atoms with van der Waals surface area (Å²) in [6, 6.07) is 4.16. The van der Waals surface area contributed by atoms with Crippen LogP contribution in [0.15, 0.2) is 18.2 Å². The highest BCUT2D eigenvalue weighted by atomic mass is 19.1. The summed E-state index contributed by atoms with van der Waals surface area (Å²) < 4.78 is 12.8. The predicted octanol–water partition coefficient (Wildman–Crippen LogP) is 1.44. The molecule has 2 unspecified atom stereocenters. The highest BCUT2D eigenvalue weighted by Gasteiger charge is 2.20. The maximum atomic E-state index is 12.8. The largest absolute Gasteiger partial charge is 0.398 e. The molecule has 0 bridgehead atoms. The molecule has 4 N–H and O–H groups in total. The topological polar surface area (TPSA) is 58.3 Å². The van der Waals surface area contributed by atoms with Crippen molar-refractivity contribution < 1.29 is 9.50 Å². The van der Waals surface area contributed by atoms with E-state index in [1.165, 1.54) is 12.1 Å². The molecule has 0 amide bonds. The highest BCUT2D eigenvalue weighted by Crippen LogP contribution is 2.28. The molecule has 0 radical (unpaired) electrons. The lowest BCUT2D eigenvalue weighted by Crippen LogP contribution is -2.12. The Morgan fingerprint density at radius 2 is 2.38 bits per heavy atom. The smallest absolute Gasteiger partial charge is 0.125 e. The van der Waals surface area contributed by atoms with Crippen molar-refractivity contribution in [2.45, 2.75) is 18.9 Å². The third-order valence-electron chi connectivity index (χ3n) is 3.13. The molecule has 1 heterocycles. The van der Waals surface area contributed by atoms with Crippen molar-refractivity contribution in [1.82, 2.24) is 5.32 Å². The molecule has 1 aliphatic rings. The van der Waals surface area contributed by atoms with Crippen LogP contribution in [-0.2, 0) is 0 Å². The Morgan fingerprint density at radius 1 is 1.56 bits per heavy atom. The van der Waals surface area contributed by atoms with Crippen molar-refractivity contribution in [2.75, 3.05) is 18.8 Å². The Morgan fingerprint density at radius 3 is 3.00 bits per heavy atom. The number of halogens is 1. The molecule has 1 fully saturated rings. The molecular formula is C12H17FN2O. The minimum Gasteiger partial charge on any atom is -0.398 e. The quantitative estimate of drug-likeness (QED) is 0.681. The van der Waals surface area contributed by atoms with Crippen molar-refractivity contribution >= 4 is 5.69 Å². The van der Waals surface area contributed by atoms with E-state index in [9.17, 15) is 9.50 Å². The van der Waals surface area contributed by atoms with Crippen LogP contribution in [0.4, 0.5) is 10.1 Å². The monoisotopic (exact) mass is 224 g/mol. The fraction of sp³-hybridized carbons (Fsp3) is 0.500. The molecule has 1 aromatic rings. The van der Waals surface area contributed by atoms with E-state index in [-0.39, 0.29) is 5.82 Å². The van der Waals surface area contributed by atoms with Crippen LogP contribution in [0, 0.1) is 11.7 Å². The molecule has 1 aromatic carbocycles. The van der Waals surface area contributed by atoms with E-state index in [0.717, 1.165) is 19.5 Å². The van der Waals surface area contributed by atoms with Crippen LogP contribution in [0.1, 0.15) is 24.5 Å². The third kappa shape index (κ3) is 2.51. The summed E-state index contributed by atoms with van der Waals surface area (Å²) in [5.41, 5.74) is 6.65. The highest BCUT2D eigenvalue weighted by molar-refractivity contribution is 5.48. The van der Waals surface area contributed by atoms with Gasteiger partial charge in [-0.25, -0.2) is 4.39 Å². The van der Waals surface area contributed by atoms with Crippen molar-refractivity contribution in [3.8, 4) is 0 Å². The average molecular weight is 224 g/mol. The van der Waals surface area contributed by atoms with Crippen LogP contribution in [0.5, 0.6) is 0 Å². The van der Waals surface area contributed by atoms with Gasteiger partial charge in [-0.1, -0.05) is 6.07 Å². The zero-order valence-corrected chi connectivity index (χ0v) is 9.12. The molecule has 0 saturated carbocycles. The molecular weight excluding hydrogens is 207 g/mol. The van der Waals surface area contributed by atoms with E-state index in [4.69, 9.17) is 5.73 Å². The first-order chi connectivity index (χ1) is 7.66. The van der Waals surface area contributed by atoms with Gasteiger partial charge in [0.15, 0.2) is 0 Å². The molecule has 2 atom stereocenters. The van der Waals surface area contributed by atoms with E-state index in [0.29, 0.717) is 23.6 Å². The van der Waals surface area contributed by atoms with Crippen molar-refractivity contribution in [3.05, 3.63) is 29.6 Å². The van der Waals surface area contributed by atoms with Crippen LogP contribution < -0.4 is 11.1 Å². The summed E-state index contributed by atoms with van der Waals surface area (Å²) in [6.45, 7) is 1.95. The Hall–Kier alpha value is -1.13. The van der Waals surface area contributed by atoms with Crippen LogP contribution in [0.25, 0.3) is 0 Å². The van der Waals surface area contributed by atoms with Gasteiger partial charge in [0.2, 0.25) is 0 Å². The minimum atomic E-state index is -0.592. The first-order valence-electron chi connectivity index (χ1n) is 5.60. The van der Waals surface area contributed by atoms with Crippen molar-refractivity contribution in [2.24, 2.45) is 5.92 Å². The van der Waals surface area contributed by atoms with Gasteiger partial charge in [0.05, 0.1) is 6.10 Å². The summed E-state index contributed by atoms with van der Waals surface area (Å²) in [5, 5.41) is 13.3. The molecule has 1 saturated heterocycles. The van der Waals surface area contributed by atoms with Crippen LogP contribution in [0.2, 0.25) is 0 Å². The normalized spacial score (nSPS) is 22.2. The predicted molar refractivity (Wildman–Crippen MR) is 61.4 cm³/mol. The first-order valence-corrected chi connectivity index (χ1v) is 5.60. The fourth-order valence-corrected chi connectivity index (χ4v) is 2.21. The number of nitrogens with two attached hydrogens (primary N) is 1. The van der Waals surface area contributed by atoms with Gasteiger partial charge in [0.25, 0.3) is 0 Å². The van der Waals surface area contributed by atoms with Gasteiger partial charge in [0.1, 0.15) is 5.82 Å². The number of nitrogens with one attached hydrogen (secondary N) is 1. The summed E-state index contributed by atoms with van der Waals surface area (Å²) >= 11 is 0. The third-order valence-corrected chi connectivity index (χ3v) is 3.13. The Kier molecular flexibility index (Phi) is 3.41. The lowest BCUT2D eigenvalue weighted by atomic mass is 9.95. The van der Waals surface area contributed by atoms with Gasteiger partial charge in [-0.3, -0.25) is 0 Å². The number of hydrogen-bond donors (Lipinski definition) is 3. The SMILES string of the molecule is Nc1cc(F)ccc1C(O)CC1CCNC1. The van der Waals surface area contributed by atoms with E-state index in [1.807, 2.05) is 0 Å². The second-order valence-electron chi connectivity index (χ2n) is 4.38. The fourth-order valence-electron chi connectivity index (χ4n) is 2.21. The standard InChI is InChI=1S/C12H17FN2O/c13-9-1-2-10(11(14)6-9)12(16)5-8-3-4-15-7-8/h1-2,6,8,12,15-16H,3-5,7,14H2. The van der Waals surface area contributed by atoms with Crippen molar-refractivity contribution in [3.63, 3.8) is 0 Å². The van der Waals surface area contributed by atoms with Gasteiger partial charge in [-0.2, -0.15) is 0 Å². The maximum Gasteiger partial charge on any atom is 0.125 e. The zero-order valence-electron chi connectivity index (χ0n) is 9.12. The number of benzene rings is 1. The van der Waals surface area contributed by atoms with E-state index in [2.05, 4.69) is 5.32 Å². The molecule has 2 rings (SSSR count). The molecule has 4 heteroatoms. The van der Waals surface area contributed by atoms with E-state index in [1.54, 1.807) is 6.07 Å². The van der Waals surface area contributed by atoms with Crippen LogP contribution >= 0.6 is 0 Å². The second-order valence-corrected chi connectivity index (χ2v) is 4.38. The molecule has 0 aliphatic carbocycles.